The second-order valence-corrected chi connectivity index (χ2v) is 6.78. The van der Waals surface area contributed by atoms with Crippen LogP contribution in [0.2, 0.25) is 0 Å². The summed E-state index contributed by atoms with van der Waals surface area (Å²) in [5.41, 5.74) is 2.44. The Balaban J connectivity index is 1.66. The van der Waals surface area contributed by atoms with Crippen molar-refractivity contribution >= 4 is 23.2 Å². The van der Waals surface area contributed by atoms with Crippen molar-refractivity contribution in [2.75, 3.05) is 24.3 Å². The molecule has 6 heteroatoms. The number of amides is 2. The SMILES string of the molecule is CN(C)c1ccc(NC(=O)c2ccnc(C(=O)NC3CCCC3)c2)cc1. The lowest BCUT2D eigenvalue weighted by molar-refractivity contribution is 0.0933. The topological polar surface area (TPSA) is 74.3 Å². The number of carbonyl (C=O) groups excluding carboxylic acids is 2. The monoisotopic (exact) mass is 352 g/mol. The minimum absolute atomic E-state index is 0.219. The van der Waals surface area contributed by atoms with Crippen molar-refractivity contribution in [2.45, 2.75) is 31.7 Å². The van der Waals surface area contributed by atoms with Crippen LogP contribution in [0.4, 0.5) is 11.4 Å². The molecule has 26 heavy (non-hydrogen) atoms. The summed E-state index contributed by atoms with van der Waals surface area (Å²) in [5, 5.41) is 5.84. The fourth-order valence-electron chi connectivity index (χ4n) is 3.07. The van der Waals surface area contributed by atoms with E-state index in [1.165, 1.54) is 12.3 Å². The number of pyridine rings is 1. The lowest BCUT2D eigenvalue weighted by Crippen LogP contribution is -2.33. The lowest BCUT2D eigenvalue weighted by Gasteiger charge is -2.13. The van der Waals surface area contributed by atoms with Gasteiger partial charge in [-0.2, -0.15) is 0 Å². The first-order valence-electron chi connectivity index (χ1n) is 8.88. The molecule has 1 aliphatic carbocycles. The standard InChI is InChI=1S/C20H24N4O2/c1-24(2)17-9-7-16(8-10-17)22-19(25)14-11-12-21-18(13-14)20(26)23-15-5-3-4-6-15/h7-13,15H,3-6H2,1-2H3,(H,22,25)(H,23,26). The highest BCUT2D eigenvalue weighted by atomic mass is 16.2. The zero-order valence-electron chi connectivity index (χ0n) is 15.2. The van der Waals surface area contributed by atoms with Crippen molar-refractivity contribution in [3.05, 3.63) is 53.9 Å². The van der Waals surface area contributed by atoms with Crippen LogP contribution in [0.1, 0.15) is 46.5 Å². The molecule has 1 fully saturated rings. The summed E-state index contributed by atoms with van der Waals surface area (Å²) in [7, 11) is 3.92. The van der Waals surface area contributed by atoms with Gasteiger partial charge in [-0.1, -0.05) is 12.8 Å². The number of nitrogens with one attached hydrogen (secondary N) is 2. The first-order valence-corrected chi connectivity index (χ1v) is 8.88. The minimum atomic E-state index is -0.264. The summed E-state index contributed by atoms with van der Waals surface area (Å²) in [5.74, 6) is -0.484. The van der Waals surface area contributed by atoms with Gasteiger partial charge in [-0.15, -0.1) is 0 Å². The van der Waals surface area contributed by atoms with Gasteiger partial charge in [0.15, 0.2) is 0 Å². The van der Waals surface area contributed by atoms with E-state index in [1.807, 2.05) is 43.3 Å². The van der Waals surface area contributed by atoms with Gasteiger partial charge < -0.3 is 15.5 Å². The molecule has 0 bridgehead atoms. The maximum Gasteiger partial charge on any atom is 0.270 e. The summed E-state index contributed by atoms with van der Waals surface area (Å²) in [6.45, 7) is 0. The molecule has 2 amide bonds. The molecule has 1 aromatic heterocycles. The highest BCUT2D eigenvalue weighted by Crippen LogP contribution is 2.19. The second kappa shape index (κ2) is 7.99. The molecule has 1 aliphatic rings. The molecule has 136 valence electrons. The summed E-state index contributed by atoms with van der Waals surface area (Å²) >= 11 is 0. The highest BCUT2D eigenvalue weighted by Gasteiger charge is 2.19. The third-order valence-electron chi connectivity index (χ3n) is 4.59. The fourth-order valence-corrected chi connectivity index (χ4v) is 3.07. The third-order valence-corrected chi connectivity index (χ3v) is 4.59. The Morgan fingerprint density at radius 3 is 2.38 bits per heavy atom. The molecule has 0 unspecified atom stereocenters. The van der Waals surface area contributed by atoms with E-state index in [2.05, 4.69) is 15.6 Å². The van der Waals surface area contributed by atoms with Crippen molar-refractivity contribution in [3.8, 4) is 0 Å². The van der Waals surface area contributed by atoms with Crippen molar-refractivity contribution in [1.29, 1.82) is 0 Å². The van der Waals surface area contributed by atoms with Gasteiger partial charge in [-0.25, -0.2) is 0 Å². The van der Waals surface area contributed by atoms with Crippen molar-refractivity contribution < 1.29 is 9.59 Å². The molecule has 2 aromatic rings. The number of hydrogen-bond acceptors (Lipinski definition) is 4. The first-order chi connectivity index (χ1) is 12.5. The van der Waals surface area contributed by atoms with Crippen LogP contribution in [0.25, 0.3) is 0 Å². The zero-order chi connectivity index (χ0) is 18.5. The van der Waals surface area contributed by atoms with Gasteiger partial charge in [0.2, 0.25) is 0 Å². The predicted octanol–water partition coefficient (Wildman–Crippen LogP) is 3.07. The van der Waals surface area contributed by atoms with Gasteiger partial charge in [0.05, 0.1) is 0 Å². The second-order valence-electron chi connectivity index (χ2n) is 6.78. The normalized spacial score (nSPS) is 14.1. The van der Waals surface area contributed by atoms with E-state index >= 15 is 0 Å². The molecule has 0 spiro atoms. The number of hydrogen-bond donors (Lipinski definition) is 2. The van der Waals surface area contributed by atoms with Crippen LogP contribution >= 0.6 is 0 Å². The fraction of sp³-hybridized carbons (Fsp3) is 0.350. The van der Waals surface area contributed by atoms with Gasteiger partial charge >= 0.3 is 0 Å². The van der Waals surface area contributed by atoms with Gasteiger partial charge in [0, 0.05) is 43.3 Å². The molecule has 2 N–H and O–H groups in total. The molecule has 0 aliphatic heterocycles. The molecule has 0 saturated heterocycles. The Bertz CT molecular complexity index is 781. The van der Waals surface area contributed by atoms with Crippen LogP contribution in [-0.4, -0.2) is 36.9 Å². The summed E-state index contributed by atoms with van der Waals surface area (Å²) < 4.78 is 0. The number of aromatic nitrogens is 1. The largest absolute Gasteiger partial charge is 0.378 e. The Kier molecular flexibility index (Phi) is 5.51. The van der Waals surface area contributed by atoms with Crippen LogP contribution < -0.4 is 15.5 Å². The highest BCUT2D eigenvalue weighted by molar-refractivity contribution is 6.05. The van der Waals surface area contributed by atoms with E-state index in [-0.39, 0.29) is 23.6 Å². The van der Waals surface area contributed by atoms with Crippen LogP contribution in [0.5, 0.6) is 0 Å². The Morgan fingerprint density at radius 1 is 1.04 bits per heavy atom. The van der Waals surface area contributed by atoms with Gasteiger partial charge in [-0.3, -0.25) is 14.6 Å². The quantitative estimate of drug-likeness (QED) is 0.867. The average molecular weight is 352 g/mol. The molecule has 1 saturated carbocycles. The van der Waals surface area contributed by atoms with Gasteiger partial charge in [0.1, 0.15) is 5.69 Å². The van der Waals surface area contributed by atoms with E-state index in [1.54, 1.807) is 6.07 Å². The van der Waals surface area contributed by atoms with Crippen LogP contribution in [-0.2, 0) is 0 Å². The first kappa shape index (κ1) is 17.9. The summed E-state index contributed by atoms with van der Waals surface area (Å²) in [6.07, 6.45) is 5.80. The molecule has 1 heterocycles. The maximum absolute atomic E-state index is 12.5. The van der Waals surface area contributed by atoms with E-state index in [0.717, 1.165) is 31.4 Å². The Morgan fingerprint density at radius 2 is 1.73 bits per heavy atom. The van der Waals surface area contributed by atoms with Crippen LogP contribution in [0, 0.1) is 0 Å². The third kappa shape index (κ3) is 4.39. The van der Waals surface area contributed by atoms with E-state index < -0.39 is 0 Å². The Labute approximate surface area is 153 Å². The van der Waals surface area contributed by atoms with E-state index in [0.29, 0.717) is 11.3 Å². The molecule has 3 rings (SSSR count). The minimum Gasteiger partial charge on any atom is -0.378 e. The van der Waals surface area contributed by atoms with Crippen molar-refractivity contribution in [1.82, 2.24) is 10.3 Å². The number of carbonyl (C=O) groups is 2. The number of rotatable bonds is 5. The van der Waals surface area contributed by atoms with Crippen molar-refractivity contribution in [2.24, 2.45) is 0 Å². The smallest absolute Gasteiger partial charge is 0.270 e. The number of nitrogens with zero attached hydrogens (tertiary/aromatic N) is 2. The van der Waals surface area contributed by atoms with Gasteiger partial charge in [0.25, 0.3) is 11.8 Å². The number of anilines is 2. The molecule has 0 radical (unpaired) electrons. The summed E-state index contributed by atoms with van der Waals surface area (Å²) in [4.78, 5) is 30.9. The van der Waals surface area contributed by atoms with E-state index in [9.17, 15) is 9.59 Å². The van der Waals surface area contributed by atoms with Gasteiger partial charge in [-0.05, 0) is 49.2 Å². The predicted molar refractivity (Wildman–Crippen MR) is 103 cm³/mol. The Hall–Kier alpha value is -2.89. The van der Waals surface area contributed by atoms with Crippen LogP contribution in [0.3, 0.4) is 0 Å². The van der Waals surface area contributed by atoms with Crippen molar-refractivity contribution in [3.63, 3.8) is 0 Å². The lowest BCUT2D eigenvalue weighted by atomic mass is 10.2. The van der Waals surface area contributed by atoms with Crippen LogP contribution in [0.15, 0.2) is 42.6 Å². The molecule has 6 nitrogen and oxygen atoms in total. The molecular weight excluding hydrogens is 328 g/mol. The molecule has 0 atom stereocenters. The number of benzene rings is 1. The summed E-state index contributed by atoms with van der Waals surface area (Å²) in [6, 6.07) is 10.9. The maximum atomic E-state index is 12.5. The molecule has 1 aromatic carbocycles. The molecular formula is C20H24N4O2. The van der Waals surface area contributed by atoms with E-state index in [4.69, 9.17) is 0 Å². The zero-order valence-corrected chi connectivity index (χ0v) is 15.2. The average Bonchev–Trinajstić information content (AvgIpc) is 3.15.